The number of urea groups is 1. The Morgan fingerprint density at radius 1 is 1.19 bits per heavy atom. The summed E-state index contributed by atoms with van der Waals surface area (Å²) in [6.07, 6.45) is 0.849. The first-order chi connectivity index (χ1) is 17.6. The molecule has 3 rings (SSSR count). The van der Waals surface area contributed by atoms with Crippen LogP contribution in [-0.4, -0.2) is 59.5 Å². The highest BCUT2D eigenvalue weighted by Crippen LogP contribution is 2.34. The van der Waals surface area contributed by atoms with Crippen LogP contribution in [0.4, 0.5) is 4.79 Å². The molecule has 15 nitrogen and oxygen atoms in total. The number of rotatable bonds is 9. The highest BCUT2D eigenvalue weighted by Gasteiger charge is 2.32. The van der Waals surface area contributed by atoms with Crippen molar-refractivity contribution in [2.24, 2.45) is 5.10 Å². The van der Waals surface area contributed by atoms with E-state index in [9.17, 15) is 29.1 Å². The van der Waals surface area contributed by atoms with Gasteiger partial charge in [0, 0.05) is 5.70 Å². The number of hydrazone groups is 1. The van der Waals surface area contributed by atoms with Crippen LogP contribution in [-0.2, 0) is 14.3 Å². The maximum atomic E-state index is 12.5. The van der Waals surface area contributed by atoms with Gasteiger partial charge in [0.15, 0.2) is 18.1 Å². The lowest BCUT2D eigenvalue weighted by molar-refractivity contribution is -0.139. The molecule has 2 heterocycles. The minimum Gasteiger partial charge on any atom is -0.494 e. The van der Waals surface area contributed by atoms with Gasteiger partial charge in [0.2, 0.25) is 5.88 Å². The number of aromatic hydroxyl groups is 1. The number of aromatic amines is 2. The number of amides is 3. The van der Waals surface area contributed by atoms with E-state index < -0.39 is 47.7 Å². The minimum absolute atomic E-state index is 0.154. The van der Waals surface area contributed by atoms with E-state index in [1.54, 1.807) is 26.0 Å². The van der Waals surface area contributed by atoms with Gasteiger partial charge in [-0.3, -0.25) is 19.6 Å². The average molecular weight is 516 g/mol. The van der Waals surface area contributed by atoms with Crippen molar-refractivity contribution < 1.29 is 33.7 Å². The van der Waals surface area contributed by atoms with E-state index in [0.29, 0.717) is 11.3 Å². The molecule has 1 atom stereocenters. The SMILES string of the molecule is CCOC(=O)C1=C(C)NC(=O)NC1c1ccc(OCC(=O)N/N=C/c2c(O)[nH]c(=O)[nH]c2=O)c(OC)c1. The van der Waals surface area contributed by atoms with Crippen molar-refractivity contribution in [1.29, 1.82) is 0 Å². The van der Waals surface area contributed by atoms with Gasteiger partial charge in [-0.2, -0.15) is 5.10 Å². The van der Waals surface area contributed by atoms with Gasteiger partial charge in [0.25, 0.3) is 11.5 Å². The number of carbonyl (C=O) groups excluding carboxylic acids is 3. The van der Waals surface area contributed by atoms with Crippen LogP contribution in [0.15, 0.2) is 44.2 Å². The number of nitrogens with one attached hydrogen (secondary N) is 5. The molecular formula is C22H24N6O9. The zero-order valence-corrected chi connectivity index (χ0v) is 20.0. The number of hydrogen-bond donors (Lipinski definition) is 6. The number of hydrogen-bond acceptors (Lipinski definition) is 10. The summed E-state index contributed by atoms with van der Waals surface area (Å²) in [5, 5.41) is 18.4. The third kappa shape index (κ3) is 6.33. The lowest BCUT2D eigenvalue weighted by Gasteiger charge is -2.28. The number of nitrogens with zero attached hydrogens (tertiary/aromatic N) is 1. The molecule has 6 N–H and O–H groups in total. The van der Waals surface area contributed by atoms with Crippen LogP contribution in [0.1, 0.15) is 31.0 Å². The summed E-state index contributed by atoms with van der Waals surface area (Å²) >= 11 is 0. The van der Waals surface area contributed by atoms with Crippen molar-refractivity contribution >= 4 is 24.1 Å². The normalized spacial score (nSPS) is 15.1. The highest BCUT2D eigenvalue weighted by molar-refractivity contribution is 5.95. The second-order valence-corrected chi connectivity index (χ2v) is 7.45. The molecule has 37 heavy (non-hydrogen) atoms. The second kappa shape index (κ2) is 11.6. The van der Waals surface area contributed by atoms with Crippen LogP contribution >= 0.6 is 0 Å². The fourth-order valence-corrected chi connectivity index (χ4v) is 3.35. The summed E-state index contributed by atoms with van der Waals surface area (Å²) in [4.78, 5) is 63.2. The van der Waals surface area contributed by atoms with Crippen molar-refractivity contribution in [2.75, 3.05) is 20.3 Å². The van der Waals surface area contributed by atoms with E-state index in [1.165, 1.54) is 13.2 Å². The predicted octanol–water partition coefficient (Wildman–Crippen LogP) is -0.502. The summed E-state index contributed by atoms with van der Waals surface area (Å²) in [6.45, 7) is 2.91. The molecule has 3 amide bonds. The van der Waals surface area contributed by atoms with E-state index in [1.807, 2.05) is 9.97 Å². The summed E-state index contributed by atoms with van der Waals surface area (Å²) < 4.78 is 15.9. The van der Waals surface area contributed by atoms with Gasteiger partial charge in [-0.25, -0.2) is 19.8 Å². The molecule has 1 aromatic heterocycles. The summed E-state index contributed by atoms with van der Waals surface area (Å²) in [5.41, 5.74) is 1.01. The fraction of sp³-hybridized carbons (Fsp3) is 0.273. The molecule has 15 heteroatoms. The van der Waals surface area contributed by atoms with Gasteiger partial charge in [-0.1, -0.05) is 6.07 Å². The number of carbonyl (C=O) groups is 3. The number of benzene rings is 1. The van der Waals surface area contributed by atoms with Gasteiger partial charge < -0.3 is 30.0 Å². The Labute approximate surface area is 208 Å². The van der Waals surface area contributed by atoms with Crippen molar-refractivity contribution in [2.45, 2.75) is 19.9 Å². The second-order valence-electron chi connectivity index (χ2n) is 7.45. The maximum Gasteiger partial charge on any atom is 0.338 e. The smallest absolute Gasteiger partial charge is 0.338 e. The van der Waals surface area contributed by atoms with Crippen molar-refractivity contribution in [3.8, 4) is 17.4 Å². The van der Waals surface area contributed by atoms with Gasteiger partial charge >= 0.3 is 17.7 Å². The number of aromatic nitrogens is 2. The first-order valence-electron chi connectivity index (χ1n) is 10.8. The molecule has 0 bridgehead atoms. The van der Waals surface area contributed by atoms with E-state index in [4.69, 9.17) is 14.2 Å². The molecule has 1 aromatic carbocycles. The lowest BCUT2D eigenvalue weighted by Crippen LogP contribution is -2.45. The van der Waals surface area contributed by atoms with E-state index in [2.05, 4.69) is 21.2 Å². The molecule has 196 valence electrons. The monoisotopic (exact) mass is 516 g/mol. The summed E-state index contributed by atoms with van der Waals surface area (Å²) in [5.74, 6) is -1.62. The molecule has 1 aliphatic heterocycles. The number of methoxy groups -OCH3 is 1. The molecule has 0 aliphatic carbocycles. The number of ether oxygens (including phenoxy) is 3. The standard InChI is InChI=1S/C22H24N6O9/c1-4-36-20(32)16-10(2)24-21(33)25-17(16)11-5-6-13(14(7-11)35-3)37-9-15(29)28-23-8-12-18(30)26-22(34)27-19(12)31/h5-8,17H,4,9H2,1-3H3,(H,28,29)(H2,24,25,33)(H3,26,27,30,31,34)/b23-8+. The van der Waals surface area contributed by atoms with Crippen LogP contribution in [0.5, 0.6) is 17.4 Å². The fourth-order valence-electron chi connectivity index (χ4n) is 3.35. The molecule has 0 saturated heterocycles. The van der Waals surface area contributed by atoms with Crippen LogP contribution in [0.2, 0.25) is 0 Å². The Balaban J connectivity index is 1.71. The van der Waals surface area contributed by atoms with Crippen molar-refractivity contribution in [1.82, 2.24) is 26.0 Å². The summed E-state index contributed by atoms with van der Waals surface area (Å²) in [7, 11) is 1.37. The van der Waals surface area contributed by atoms with Crippen LogP contribution in [0.25, 0.3) is 0 Å². The topological polar surface area (TPSA) is 213 Å². The van der Waals surface area contributed by atoms with Gasteiger partial charge in [-0.15, -0.1) is 0 Å². The van der Waals surface area contributed by atoms with Gasteiger partial charge in [0.1, 0.15) is 5.56 Å². The van der Waals surface area contributed by atoms with Crippen LogP contribution in [0.3, 0.4) is 0 Å². The molecule has 0 saturated carbocycles. The van der Waals surface area contributed by atoms with Crippen LogP contribution < -0.4 is 36.8 Å². The summed E-state index contributed by atoms with van der Waals surface area (Å²) in [6, 6.07) is 3.31. The van der Waals surface area contributed by atoms with E-state index >= 15 is 0 Å². The zero-order chi connectivity index (χ0) is 27.1. The van der Waals surface area contributed by atoms with Crippen molar-refractivity contribution in [3.05, 3.63) is 61.4 Å². The average Bonchev–Trinajstić information content (AvgIpc) is 2.83. The third-order valence-corrected chi connectivity index (χ3v) is 4.99. The molecule has 1 aliphatic rings. The van der Waals surface area contributed by atoms with E-state index in [0.717, 1.165) is 6.21 Å². The predicted molar refractivity (Wildman–Crippen MR) is 127 cm³/mol. The molecule has 2 aromatic rings. The lowest BCUT2D eigenvalue weighted by atomic mass is 9.95. The Morgan fingerprint density at radius 2 is 1.95 bits per heavy atom. The van der Waals surface area contributed by atoms with Gasteiger partial charge in [-0.05, 0) is 31.5 Å². The third-order valence-electron chi connectivity index (χ3n) is 4.99. The first kappa shape index (κ1) is 26.5. The molecule has 1 unspecified atom stereocenters. The molecular weight excluding hydrogens is 492 g/mol. The largest absolute Gasteiger partial charge is 0.494 e. The quantitative estimate of drug-likeness (QED) is 0.144. The Hall–Kier alpha value is -5.08. The minimum atomic E-state index is -0.901. The molecule has 0 spiro atoms. The van der Waals surface area contributed by atoms with Gasteiger partial charge in [0.05, 0.1) is 31.5 Å². The molecule has 0 fully saturated rings. The highest BCUT2D eigenvalue weighted by atomic mass is 16.5. The Bertz CT molecular complexity index is 1390. The Kier molecular flexibility index (Phi) is 8.29. The zero-order valence-electron chi connectivity index (χ0n) is 20.0. The van der Waals surface area contributed by atoms with Crippen LogP contribution in [0, 0.1) is 0 Å². The number of allylic oxidation sites excluding steroid dienone is 1. The first-order valence-corrected chi connectivity index (χ1v) is 10.8. The van der Waals surface area contributed by atoms with Crippen molar-refractivity contribution in [3.63, 3.8) is 0 Å². The Morgan fingerprint density at radius 3 is 2.62 bits per heavy atom. The number of H-pyrrole nitrogens is 2. The number of esters is 1. The van der Waals surface area contributed by atoms with E-state index in [-0.39, 0.29) is 29.2 Å². The maximum absolute atomic E-state index is 12.5. The molecule has 0 radical (unpaired) electrons.